The molecule has 2 aliphatic rings. The zero-order valence-electron chi connectivity index (χ0n) is 27.6. The van der Waals surface area contributed by atoms with E-state index in [1.54, 1.807) is 0 Å². The third kappa shape index (κ3) is 5.17. The molecule has 5 heteroatoms. The highest BCUT2D eigenvalue weighted by molar-refractivity contribution is 5.99. The standard InChI is InChI=1S/C45H33N5/c1-2-50-29-13-12-20-41(50)45-39-27-25-37(48-39)43(31-16-8-4-9-17-31)35-23-21-33(46-35)42(30-14-6-3-7-15-30)34-22-24-36(47-34)44(32-18-10-5-11-19-32)38-26-28-40(45)49-38/h3-29H,2H2,1H3,(H,46,47,48,49)/p+1. The number of hydrogen-bond donors (Lipinski definition) is 2. The fourth-order valence-corrected chi connectivity index (χ4v) is 7.18. The van der Waals surface area contributed by atoms with Gasteiger partial charge in [0.2, 0.25) is 5.69 Å². The van der Waals surface area contributed by atoms with Crippen molar-refractivity contribution in [2.75, 3.05) is 0 Å². The summed E-state index contributed by atoms with van der Waals surface area (Å²) in [5.41, 5.74) is 16.1. The number of nitrogens with zero attached hydrogens (tertiary/aromatic N) is 3. The first-order valence-corrected chi connectivity index (χ1v) is 17.1. The molecule has 50 heavy (non-hydrogen) atoms. The van der Waals surface area contributed by atoms with E-state index in [-0.39, 0.29) is 0 Å². The minimum atomic E-state index is 0.829. The minimum absolute atomic E-state index is 0.829. The number of nitrogens with one attached hydrogen (secondary N) is 2. The summed E-state index contributed by atoms with van der Waals surface area (Å²) in [5, 5.41) is 0. The molecule has 3 aromatic carbocycles. The van der Waals surface area contributed by atoms with Crippen molar-refractivity contribution < 1.29 is 4.57 Å². The quantitative estimate of drug-likeness (QED) is 0.183. The van der Waals surface area contributed by atoms with Crippen LogP contribution in [-0.4, -0.2) is 19.9 Å². The van der Waals surface area contributed by atoms with Crippen molar-refractivity contribution in [2.45, 2.75) is 13.5 Å². The number of fused-ring (bicyclic) bond motifs is 8. The molecule has 0 atom stereocenters. The summed E-state index contributed by atoms with van der Waals surface area (Å²) in [7, 11) is 0. The number of aromatic amines is 2. The van der Waals surface area contributed by atoms with Gasteiger partial charge in [0, 0.05) is 45.4 Å². The molecular formula is C45H34N5+. The lowest BCUT2D eigenvalue weighted by Crippen LogP contribution is -2.34. The van der Waals surface area contributed by atoms with Gasteiger partial charge in [0.25, 0.3) is 0 Å². The van der Waals surface area contributed by atoms with Gasteiger partial charge in [0.05, 0.1) is 33.9 Å². The van der Waals surface area contributed by atoms with Crippen LogP contribution >= 0.6 is 0 Å². The fourth-order valence-electron chi connectivity index (χ4n) is 7.18. The molecule has 7 aromatic rings. The van der Waals surface area contributed by atoms with Crippen LogP contribution in [0.1, 0.15) is 29.7 Å². The van der Waals surface area contributed by atoms with Crippen LogP contribution in [0.25, 0.3) is 91.0 Å². The van der Waals surface area contributed by atoms with Crippen LogP contribution in [0.3, 0.4) is 0 Å². The molecule has 0 saturated carbocycles. The Labute approximate surface area is 290 Å². The number of pyridine rings is 1. The monoisotopic (exact) mass is 644 g/mol. The van der Waals surface area contributed by atoms with Crippen molar-refractivity contribution in [3.8, 4) is 44.6 Å². The second-order valence-electron chi connectivity index (χ2n) is 12.5. The maximum atomic E-state index is 5.41. The molecular weight excluding hydrogens is 611 g/mol. The Bertz CT molecular complexity index is 2570. The van der Waals surface area contributed by atoms with Crippen molar-refractivity contribution in [3.05, 3.63) is 162 Å². The van der Waals surface area contributed by atoms with Crippen LogP contribution in [0.15, 0.2) is 140 Å². The molecule has 0 aliphatic carbocycles. The van der Waals surface area contributed by atoms with Gasteiger partial charge in [-0.25, -0.2) is 9.97 Å². The Morgan fingerprint density at radius 2 is 0.780 bits per heavy atom. The summed E-state index contributed by atoms with van der Waals surface area (Å²) in [6.07, 6.45) is 10.7. The molecule has 2 N–H and O–H groups in total. The van der Waals surface area contributed by atoms with E-state index in [9.17, 15) is 0 Å². The summed E-state index contributed by atoms with van der Waals surface area (Å²) >= 11 is 0. The molecule has 238 valence electrons. The largest absolute Gasteiger partial charge is 0.354 e. The average molecular weight is 645 g/mol. The molecule has 0 spiro atoms. The lowest BCUT2D eigenvalue weighted by atomic mass is 10.0. The highest BCUT2D eigenvalue weighted by Crippen LogP contribution is 2.37. The first-order valence-electron chi connectivity index (χ1n) is 17.1. The number of aromatic nitrogens is 5. The molecule has 0 fully saturated rings. The van der Waals surface area contributed by atoms with Gasteiger partial charge in [-0.2, -0.15) is 4.57 Å². The summed E-state index contributed by atoms with van der Waals surface area (Å²) in [5.74, 6) is 0. The minimum Gasteiger partial charge on any atom is -0.354 e. The second-order valence-corrected chi connectivity index (χ2v) is 12.5. The van der Waals surface area contributed by atoms with Crippen molar-refractivity contribution in [1.82, 2.24) is 19.9 Å². The van der Waals surface area contributed by atoms with Crippen molar-refractivity contribution in [3.63, 3.8) is 0 Å². The van der Waals surface area contributed by atoms with E-state index >= 15 is 0 Å². The second kappa shape index (κ2) is 12.5. The number of rotatable bonds is 5. The van der Waals surface area contributed by atoms with Crippen LogP contribution < -0.4 is 4.57 Å². The zero-order valence-corrected chi connectivity index (χ0v) is 27.6. The highest BCUT2D eigenvalue weighted by Gasteiger charge is 2.22. The van der Waals surface area contributed by atoms with Crippen LogP contribution in [0.2, 0.25) is 0 Å². The number of aryl methyl sites for hydroxylation is 1. The molecule has 0 amide bonds. The Kier molecular flexibility index (Phi) is 7.36. The van der Waals surface area contributed by atoms with E-state index in [0.717, 1.165) is 96.0 Å². The van der Waals surface area contributed by atoms with Crippen LogP contribution in [0.5, 0.6) is 0 Å². The van der Waals surface area contributed by atoms with E-state index < -0.39 is 0 Å². The Balaban J connectivity index is 1.49. The third-order valence-electron chi connectivity index (χ3n) is 9.48. The lowest BCUT2D eigenvalue weighted by Gasteiger charge is -2.06. The fraction of sp³-hybridized carbons (Fsp3) is 0.0444. The Morgan fingerprint density at radius 3 is 1.18 bits per heavy atom. The van der Waals surface area contributed by atoms with Gasteiger partial charge >= 0.3 is 0 Å². The van der Waals surface area contributed by atoms with Gasteiger partial charge in [-0.15, -0.1) is 0 Å². The Hall–Kier alpha value is -6.59. The van der Waals surface area contributed by atoms with Gasteiger partial charge in [0.15, 0.2) is 6.20 Å². The van der Waals surface area contributed by atoms with Gasteiger partial charge in [0.1, 0.15) is 6.54 Å². The maximum absolute atomic E-state index is 5.41. The molecule has 0 radical (unpaired) electrons. The maximum Gasteiger partial charge on any atom is 0.216 e. The van der Waals surface area contributed by atoms with Gasteiger partial charge in [-0.05, 0) is 78.3 Å². The first-order chi connectivity index (χ1) is 24.7. The first kappa shape index (κ1) is 29.5. The van der Waals surface area contributed by atoms with E-state index in [2.05, 4.69) is 185 Å². The predicted molar refractivity (Wildman–Crippen MR) is 206 cm³/mol. The van der Waals surface area contributed by atoms with Crippen molar-refractivity contribution >= 4 is 46.4 Å². The molecule has 2 aliphatic heterocycles. The van der Waals surface area contributed by atoms with Crippen LogP contribution in [-0.2, 0) is 6.54 Å². The predicted octanol–water partition coefficient (Wildman–Crippen LogP) is 10.6. The summed E-state index contributed by atoms with van der Waals surface area (Å²) in [4.78, 5) is 18.4. The zero-order chi connectivity index (χ0) is 33.4. The SMILES string of the molecule is CC[n+]1ccccc1-c1c2nc(c(-c3ccccc3)c3ccc([nH]3)c(-c3ccccc3)c3nc(c(-c4ccccc4)c4ccc1[nH]4)C=C3)C=C2. The summed E-state index contributed by atoms with van der Waals surface area (Å²) in [6.45, 7) is 3.00. The smallest absolute Gasteiger partial charge is 0.216 e. The Morgan fingerprint density at radius 1 is 0.420 bits per heavy atom. The van der Waals surface area contributed by atoms with Crippen molar-refractivity contribution in [1.29, 1.82) is 0 Å². The molecule has 0 unspecified atom stereocenters. The third-order valence-corrected chi connectivity index (χ3v) is 9.48. The molecule has 5 nitrogen and oxygen atoms in total. The van der Waals surface area contributed by atoms with Crippen LogP contribution in [0, 0.1) is 0 Å². The van der Waals surface area contributed by atoms with Crippen LogP contribution in [0.4, 0.5) is 0 Å². The summed E-state index contributed by atoms with van der Waals surface area (Å²) in [6, 6.07) is 46.6. The van der Waals surface area contributed by atoms with E-state index in [0.29, 0.717) is 0 Å². The molecule has 4 aromatic heterocycles. The average Bonchev–Trinajstić information content (AvgIpc) is 4.01. The van der Waals surface area contributed by atoms with E-state index in [1.807, 2.05) is 0 Å². The molecule has 8 bridgehead atoms. The van der Waals surface area contributed by atoms with Gasteiger partial charge in [-0.3, -0.25) is 0 Å². The molecule has 6 heterocycles. The highest BCUT2D eigenvalue weighted by atomic mass is 15.0. The summed E-state index contributed by atoms with van der Waals surface area (Å²) < 4.78 is 2.27. The van der Waals surface area contributed by atoms with Gasteiger partial charge in [-0.1, -0.05) is 91.0 Å². The number of hydrogen-bond acceptors (Lipinski definition) is 2. The molecule has 9 rings (SSSR count). The lowest BCUT2D eigenvalue weighted by molar-refractivity contribution is -0.682. The van der Waals surface area contributed by atoms with Gasteiger partial charge < -0.3 is 9.97 Å². The molecule has 0 saturated heterocycles. The number of H-pyrrole nitrogens is 2. The normalized spacial score (nSPS) is 12.0. The van der Waals surface area contributed by atoms with E-state index in [4.69, 9.17) is 9.97 Å². The number of benzene rings is 3. The van der Waals surface area contributed by atoms with E-state index in [1.165, 1.54) is 0 Å². The topological polar surface area (TPSA) is 61.2 Å². The van der Waals surface area contributed by atoms with Crippen molar-refractivity contribution in [2.24, 2.45) is 0 Å².